The number of ether oxygens (including phenoxy) is 1. The van der Waals surface area contributed by atoms with E-state index in [4.69, 9.17) is 4.74 Å². The predicted octanol–water partition coefficient (Wildman–Crippen LogP) is 3.70. The number of halogens is 1. The first-order chi connectivity index (χ1) is 8.75. The van der Waals surface area contributed by atoms with Gasteiger partial charge in [0.15, 0.2) is 5.78 Å². The highest BCUT2D eigenvalue weighted by Crippen LogP contribution is 2.25. The fraction of sp³-hybridized carbons (Fsp3) is 0.562. The first-order valence-corrected chi connectivity index (χ1v) is 6.65. The van der Waals surface area contributed by atoms with Crippen LogP contribution >= 0.6 is 0 Å². The SMILES string of the molecule is CCOC(C(=O)Cc1ccc(F)cc1C)C(C)(C)C. The Bertz CT molecular complexity index is 447. The lowest BCUT2D eigenvalue weighted by molar-refractivity contribution is -0.136. The summed E-state index contributed by atoms with van der Waals surface area (Å²) in [7, 11) is 0. The van der Waals surface area contributed by atoms with E-state index in [9.17, 15) is 9.18 Å². The van der Waals surface area contributed by atoms with Gasteiger partial charge in [-0.05, 0) is 42.5 Å². The Kier molecular flexibility index (Phi) is 5.24. The molecule has 1 atom stereocenters. The monoisotopic (exact) mass is 266 g/mol. The molecule has 0 spiro atoms. The molecule has 1 unspecified atom stereocenters. The molecule has 0 aromatic heterocycles. The van der Waals surface area contributed by atoms with Crippen LogP contribution in [0.3, 0.4) is 0 Å². The van der Waals surface area contributed by atoms with Crippen LogP contribution in [0, 0.1) is 18.2 Å². The number of hydrogen-bond donors (Lipinski definition) is 0. The van der Waals surface area contributed by atoms with E-state index in [0.717, 1.165) is 11.1 Å². The van der Waals surface area contributed by atoms with Gasteiger partial charge in [-0.3, -0.25) is 4.79 Å². The van der Waals surface area contributed by atoms with Crippen LogP contribution in [0.1, 0.15) is 38.8 Å². The Balaban J connectivity index is 2.87. The average molecular weight is 266 g/mol. The van der Waals surface area contributed by atoms with Crippen molar-refractivity contribution in [2.24, 2.45) is 5.41 Å². The molecule has 0 aliphatic heterocycles. The minimum atomic E-state index is -0.429. The summed E-state index contributed by atoms with van der Waals surface area (Å²) in [5, 5.41) is 0. The van der Waals surface area contributed by atoms with Crippen LogP contribution in [0.5, 0.6) is 0 Å². The highest BCUT2D eigenvalue weighted by Gasteiger charge is 2.31. The van der Waals surface area contributed by atoms with Gasteiger partial charge in [0.05, 0.1) is 0 Å². The quantitative estimate of drug-likeness (QED) is 0.812. The molecule has 106 valence electrons. The molecular weight excluding hydrogens is 243 g/mol. The fourth-order valence-electron chi connectivity index (χ4n) is 2.13. The van der Waals surface area contributed by atoms with Crippen LogP contribution in [0.25, 0.3) is 0 Å². The average Bonchev–Trinajstić information content (AvgIpc) is 2.28. The van der Waals surface area contributed by atoms with E-state index < -0.39 is 6.10 Å². The van der Waals surface area contributed by atoms with Gasteiger partial charge in [0.25, 0.3) is 0 Å². The first-order valence-electron chi connectivity index (χ1n) is 6.65. The van der Waals surface area contributed by atoms with Crippen LogP contribution in [0.2, 0.25) is 0 Å². The highest BCUT2D eigenvalue weighted by molar-refractivity contribution is 5.86. The van der Waals surface area contributed by atoms with Crippen LogP contribution in [0.15, 0.2) is 18.2 Å². The standard InChI is InChI=1S/C16H23FO2/c1-6-19-15(16(3,4)5)14(18)10-12-7-8-13(17)9-11(12)2/h7-9,15H,6,10H2,1-5H3. The van der Waals surface area contributed by atoms with Gasteiger partial charge >= 0.3 is 0 Å². The van der Waals surface area contributed by atoms with Crippen LogP contribution in [0.4, 0.5) is 4.39 Å². The second-order valence-electron chi connectivity index (χ2n) is 5.92. The molecular formula is C16H23FO2. The Morgan fingerprint density at radius 2 is 2.00 bits per heavy atom. The molecule has 0 saturated carbocycles. The third-order valence-electron chi connectivity index (χ3n) is 3.08. The van der Waals surface area contributed by atoms with Crippen molar-refractivity contribution in [3.63, 3.8) is 0 Å². The Morgan fingerprint density at radius 3 is 2.47 bits per heavy atom. The van der Waals surface area contributed by atoms with Gasteiger partial charge in [0.1, 0.15) is 11.9 Å². The molecule has 0 fully saturated rings. The summed E-state index contributed by atoms with van der Waals surface area (Å²) in [6.45, 7) is 10.2. The first kappa shape index (κ1) is 15.8. The summed E-state index contributed by atoms with van der Waals surface area (Å²) in [4.78, 5) is 12.4. The molecule has 0 aliphatic carbocycles. The molecule has 0 radical (unpaired) electrons. The van der Waals surface area contributed by atoms with E-state index in [1.807, 2.05) is 34.6 Å². The smallest absolute Gasteiger partial charge is 0.166 e. The van der Waals surface area contributed by atoms with Crippen molar-refractivity contribution in [3.8, 4) is 0 Å². The van der Waals surface area contributed by atoms with Crippen molar-refractivity contribution in [1.29, 1.82) is 0 Å². The van der Waals surface area contributed by atoms with Gasteiger partial charge in [-0.15, -0.1) is 0 Å². The zero-order valence-electron chi connectivity index (χ0n) is 12.4. The van der Waals surface area contributed by atoms with Crippen LogP contribution in [-0.2, 0) is 16.0 Å². The molecule has 0 amide bonds. The van der Waals surface area contributed by atoms with Crippen LogP contribution < -0.4 is 0 Å². The van der Waals surface area contributed by atoms with E-state index in [0.29, 0.717) is 6.61 Å². The van der Waals surface area contributed by atoms with E-state index in [1.165, 1.54) is 12.1 Å². The van der Waals surface area contributed by atoms with Crippen molar-refractivity contribution in [1.82, 2.24) is 0 Å². The van der Waals surface area contributed by atoms with Gasteiger partial charge in [0.2, 0.25) is 0 Å². The van der Waals surface area contributed by atoms with Gasteiger partial charge in [-0.1, -0.05) is 26.8 Å². The zero-order chi connectivity index (χ0) is 14.6. The lowest BCUT2D eigenvalue weighted by Crippen LogP contribution is -2.38. The third-order valence-corrected chi connectivity index (χ3v) is 3.08. The molecule has 0 heterocycles. The van der Waals surface area contributed by atoms with Crippen molar-refractivity contribution < 1.29 is 13.9 Å². The Morgan fingerprint density at radius 1 is 1.37 bits per heavy atom. The molecule has 3 heteroatoms. The number of aryl methyl sites for hydroxylation is 1. The number of ketones is 1. The minimum absolute atomic E-state index is 0.0454. The van der Waals surface area contributed by atoms with E-state index in [2.05, 4.69) is 0 Å². The Labute approximate surface area is 115 Å². The van der Waals surface area contributed by atoms with E-state index in [-0.39, 0.29) is 23.4 Å². The molecule has 1 aromatic rings. The highest BCUT2D eigenvalue weighted by atomic mass is 19.1. The summed E-state index contributed by atoms with van der Waals surface area (Å²) in [5.74, 6) is -0.227. The second kappa shape index (κ2) is 6.29. The molecule has 19 heavy (non-hydrogen) atoms. The number of Topliss-reactive ketones (excluding diaryl/α,β-unsaturated/α-hetero) is 1. The van der Waals surface area contributed by atoms with Gasteiger partial charge in [-0.2, -0.15) is 0 Å². The topological polar surface area (TPSA) is 26.3 Å². The normalized spacial score (nSPS) is 13.4. The maximum atomic E-state index is 13.0. The molecule has 0 N–H and O–H groups in total. The molecule has 1 aromatic carbocycles. The van der Waals surface area contributed by atoms with Crippen molar-refractivity contribution in [2.45, 2.75) is 47.1 Å². The maximum absolute atomic E-state index is 13.0. The number of benzene rings is 1. The van der Waals surface area contributed by atoms with Crippen molar-refractivity contribution in [2.75, 3.05) is 6.61 Å². The lowest BCUT2D eigenvalue weighted by Gasteiger charge is -2.29. The summed E-state index contributed by atoms with van der Waals surface area (Å²) >= 11 is 0. The molecule has 1 rings (SSSR count). The fourth-order valence-corrected chi connectivity index (χ4v) is 2.13. The summed E-state index contributed by atoms with van der Waals surface area (Å²) in [6, 6.07) is 4.52. The Hall–Kier alpha value is -1.22. The molecule has 0 bridgehead atoms. The largest absolute Gasteiger partial charge is 0.370 e. The second-order valence-corrected chi connectivity index (χ2v) is 5.92. The minimum Gasteiger partial charge on any atom is -0.370 e. The van der Waals surface area contributed by atoms with Crippen molar-refractivity contribution >= 4 is 5.78 Å². The number of carbonyl (C=O) groups is 1. The lowest BCUT2D eigenvalue weighted by atomic mass is 9.84. The number of rotatable bonds is 5. The van der Waals surface area contributed by atoms with Gasteiger partial charge in [0, 0.05) is 13.0 Å². The molecule has 0 saturated heterocycles. The van der Waals surface area contributed by atoms with Crippen LogP contribution in [-0.4, -0.2) is 18.5 Å². The predicted molar refractivity (Wildman–Crippen MR) is 74.7 cm³/mol. The van der Waals surface area contributed by atoms with Gasteiger partial charge < -0.3 is 4.74 Å². The summed E-state index contributed by atoms with van der Waals surface area (Å²) in [5.41, 5.74) is 1.43. The van der Waals surface area contributed by atoms with E-state index in [1.54, 1.807) is 6.07 Å². The molecule has 2 nitrogen and oxygen atoms in total. The molecule has 0 aliphatic rings. The number of carbonyl (C=O) groups excluding carboxylic acids is 1. The van der Waals surface area contributed by atoms with E-state index >= 15 is 0 Å². The van der Waals surface area contributed by atoms with Gasteiger partial charge in [-0.25, -0.2) is 4.39 Å². The third kappa shape index (κ3) is 4.43. The zero-order valence-corrected chi connectivity index (χ0v) is 12.4. The summed E-state index contributed by atoms with van der Waals surface area (Å²) < 4.78 is 18.6. The number of hydrogen-bond acceptors (Lipinski definition) is 2. The summed E-state index contributed by atoms with van der Waals surface area (Å²) in [6.07, 6.45) is -0.143. The maximum Gasteiger partial charge on any atom is 0.166 e. The van der Waals surface area contributed by atoms with Crippen molar-refractivity contribution in [3.05, 3.63) is 35.1 Å².